The van der Waals surface area contributed by atoms with Gasteiger partial charge in [0.2, 0.25) is 0 Å². The Balaban J connectivity index is 1.70. The van der Waals surface area contributed by atoms with Gasteiger partial charge in [0.15, 0.2) is 10.8 Å². The monoisotopic (exact) mass is 409 g/mol. The first-order valence-electron chi connectivity index (χ1n) is 9.31. The van der Waals surface area contributed by atoms with Crippen molar-refractivity contribution in [1.29, 1.82) is 5.26 Å². The van der Waals surface area contributed by atoms with Crippen LogP contribution < -0.4 is 10.6 Å². The van der Waals surface area contributed by atoms with E-state index in [4.69, 9.17) is 5.26 Å². The van der Waals surface area contributed by atoms with E-state index in [-0.39, 0.29) is 5.91 Å². The van der Waals surface area contributed by atoms with E-state index >= 15 is 0 Å². The number of hydrogen-bond donors (Lipinski definition) is 2. The predicted octanol–water partition coefficient (Wildman–Crippen LogP) is 2.92. The van der Waals surface area contributed by atoms with Crippen LogP contribution in [0.15, 0.2) is 35.6 Å². The minimum Gasteiger partial charge on any atom is -0.369 e. The summed E-state index contributed by atoms with van der Waals surface area (Å²) in [5.74, 6) is 1.08. The Morgan fingerprint density at radius 3 is 2.69 bits per heavy atom. The molecular formula is C20H23N7OS. The summed E-state index contributed by atoms with van der Waals surface area (Å²) in [5, 5.41) is 21.1. The van der Waals surface area contributed by atoms with E-state index in [1.807, 2.05) is 12.3 Å². The van der Waals surface area contributed by atoms with Gasteiger partial charge in [0, 0.05) is 18.7 Å². The zero-order chi connectivity index (χ0) is 20.8. The fourth-order valence-corrected chi connectivity index (χ4v) is 3.06. The highest BCUT2D eigenvalue weighted by atomic mass is 32.2. The molecule has 0 saturated carbocycles. The summed E-state index contributed by atoms with van der Waals surface area (Å²) in [4.78, 5) is 21.4. The standard InChI is InChI=1S/C20H23N7OS/c1-13(2)11-23-17-16-12-24-27(18(16)26-20(25-17)29-3)9-8-22-19(28)15-6-4-14(10-21)5-7-15/h4-7,12-13H,8-9,11H2,1-3H3,(H,22,28)(H,23,25,26). The maximum atomic E-state index is 12.3. The SMILES string of the molecule is CSc1nc(NCC(C)C)c2cnn(CCNC(=O)c3ccc(C#N)cc3)c2n1. The van der Waals surface area contributed by atoms with E-state index in [0.717, 1.165) is 23.4 Å². The van der Waals surface area contributed by atoms with E-state index < -0.39 is 0 Å². The van der Waals surface area contributed by atoms with Gasteiger partial charge in [-0.25, -0.2) is 14.6 Å². The fraction of sp³-hybridized carbons (Fsp3) is 0.350. The normalized spacial score (nSPS) is 10.9. The molecular weight excluding hydrogens is 386 g/mol. The summed E-state index contributed by atoms with van der Waals surface area (Å²) in [5.41, 5.74) is 1.78. The van der Waals surface area contributed by atoms with Crippen LogP contribution in [-0.2, 0) is 6.54 Å². The first kappa shape index (κ1) is 20.6. The molecule has 0 aliphatic rings. The van der Waals surface area contributed by atoms with E-state index in [9.17, 15) is 4.79 Å². The van der Waals surface area contributed by atoms with Crippen LogP contribution in [0, 0.1) is 17.2 Å². The topological polar surface area (TPSA) is 109 Å². The lowest BCUT2D eigenvalue weighted by molar-refractivity contribution is 0.0952. The second-order valence-corrected chi connectivity index (χ2v) is 7.66. The molecule has 29 heavy (non-hydrogen) atoms. The Labute approximate surface area is 173 Å². The Kier molecular flexibility index (Phi) is 6.67. The summed E-state index contributed by atoms with van der Waals surface area (Å²) in [7, 11) is 0. The lowest BCUT2D eigenvalue weighted by Crippen LogP contribution is -2.27. The number of nitrogens with zero attached hydrogens (tertiary/aromatic N) is 5. The zero-order valence-corrected chi connectivity index (χ0v) is 17.5. The molecule has 2 N–H and O–H groups in total. The molecule has 0 aliphatic carbocycles. The highest BCUT2D eigenvalue weighted by molar-refractivity contribution is 7.98. The molecule has 3 aromatic rings. The van der Waals surface area contributed by atoms with Gasteiger partial charge in [-0.15, -0.1) is 0 Å². The smallest absolute Gasteiger partial charge is 0.251 e. The molecule has 0 aliphatic heterocycles. The van der Waals surface area contributed by atoms with E-state index in [1.54, 1.807) is 35.1 Å². The number of hydrogen-bond acceptors (Lipinski definition) is 7. The molecule has 150 valence electrons. The number of carbonyl (C=O) groups excluding carboxylic acids is 1. The molecule has 0 radical (unpaired) electrons. The molecule has 8 nitrogen and oxygen atoms in total. The molecule has 3 rings (SSSR count). The highest BCUT2D eigenvalue weighted by Crippen LogP contribution is 2.23. The maximum Gasteiger partial charge on any atom is 0.251 e. The minimum atomic E-state index is -0.190. The summed E-state index contributed by atoms with van der Waals surface area (Å²) in [6, 6.07) is 8.57. The average Bonchev–Trinajstić information content (AvgIpc) is 3.14. The number of carbonyl (C=O) groups is 1. The van der Waals surface area contributed by atoms with Crippen molar-refractivity contribution >= 4 is 34.5 Å². The lowest BCUT2D eigenvalue weighted by Gasteiger charge is -2.11. The van der Waals surface area contributed by atoms with Gasteiger partial charge in [0.05, 0.1) is 29.8 Å². The molecule has 0 bridgehead atoms. The largest absolute Gasteiger partial charge is 0.369 e. The summed E-state index contributed by atoms with van der Waals surface area (Å²) in [6.45, 7) is 5.98. The van der Waals surface area contributed by atoms with Gasteiger partial charge in [-0.05, 0) is 36.4 Å². The lowest BCUT2D eigenvalue weighted by atomic mass is 10.1. The number of benzene rings is 1. The Morgan fingerprint density at radius 2 is 2.03 bits per heavy atom. The van der Waals surface area contributed by atoms with Crippen molar-refractivity contribution in [3.8, 4) is 6.07 Å². The van der Waals surface area contributed by atoms with Crippen LogP contribution in [0.1, 0.15) is 29.8 Å². The number of thioether (sulfide) groups is 1. The molecule has 0 saturated heterocycles. The fourth-order valence-electron chi connectivity index (χ4n) is 2.70. The van der Waals surface area contributed by atoms with Crippen molar-refractivity contribution in [2.75, 3.05) is 24.7 Å². The first-order valence-corrected chi connectivity index (χ1v) is 10.5. The zero-order valence-electron chi connectivity index (χ0n) is 16.6. The number of aromatic nitrogens is 4. The number of nitriles is 1. The molecule has 1 aromatic carbocycles. The second-order valence-electron chi connectivity index (χ2n) is 6.88. The van der Waals surface area contributed by atoms with Crippen molar-refractivity contribution in [3.05, 3.63) is 41.6 Å². The average molecular weight is 410 g/mol. The predicted molar refractivity (Wildman–Crippen MR) is 114 cm³/mol. The molecule has 1 amide bonds. The Hall–Kier alpha value is -3.12. The van der Waals surface area contributed by atoms with Crippen LogP contribution in [-0.4, -0.2) is 45.0 Å². The third kappa shape index (κ3) is 5.03. The van der Waals surface area contributed by atoms with Gasteiger partial charge in [-0.2, -0.15) is 10.4 Å². The molecule has 0 unspecified atom stereocenters. The Morgan fingerprint density at radius 1 is 1.28 bits per heavy atom. The third-order valence-electron chi connectivity index (χ3n) is 4.22. The van der Waals surface area contributed by atoms with Crippen molar-refractivity contribution < 1.29 is 4.79 Å². The van der Waals surface area contributed by atoms with Crippen molar-refractivity contribution in [2.24, 2.45) is 5.92 Å². The summed E-state index contributed by atoms with van der Waals surface area (Å²) >= 11 is 1.48. The minimum absolute atomic E-state index is 0.190. The van der Waals surface area contributed by atoms with E-state index in [0.29, 0.717) is 35.3 Å². The van der Waals surface area contributed by atoms with E-state index in [2.05, 4.69) is 39.5 Å². The first-order chi connectivity index (χ1) is 14.0. The summed E-state index contributed by atoms with van der Waals surface area (Å²) < 4.78 is 1.77. The number of nitrogens with one attached hydrogen (secondary N) is 2. The van der Waals surface area contributed by atoms with Crippen LogP contribution in [0.5, 0.6) is 0 Å². The number of anilines is 1. The van der Waals surface area contributed by atoms with Crippen LogP contribution in [0.3, 0.4) is 0 Å². The maximum absolute atomic E-state index is 12.3. The van der Waals surface area contributed by atoms with Crippen LogP contribution in [0.4, 0.5) is 5.82 Å². The molecule has 9 heteroatoms. The van der Waals surface area contributed by atoms with Crippen LogP contribution in [0.25, 0.3) is 11.0 Å². The Bertz CT molecular complexity index is 1040. The van der Waals surface area contributed by atoms with Crippen molar-refractivity contribution in [2.45, 2.75) is 25.5 Å². The number of fused-ring (bicyclic) bond motifs is 1. The summed E-state index contributed by atoms with van der Waals surface area (Å²) in [6.07, 6.45) is 3.69. The van der Waals surface area contributed by atoms with E-state index in [1.165, 1.54) is 11.8 Å². The molecule has 2 aromatic heterocycles. The third-order valence-corrected chi connectivity index (χ3v) is 4.77. The number of rotatable bonds is 8. The van der Waals surface area contributed by atoms with Gasteiger partial charge in [-0.1, -0.05) is 25.6 Å². The van der Waals surface area contributed by atoms with Crippen molar-refractivity contribution in [3.63, 3.8) is 0 Å². The molecule has 2 heterocycles. The van der Waals surface area contributed by atoms with Crippen LogP contribution >= 0.6 is 11.8 Å². The van der Waals surface area contributed by atoms with Gasteiger partial charge in [0.25, 0.3) is 5.91 Å². The quantitative estimate of drug-likeness (QED) is 0.435. The molecule has 0 atom stereocenters. The molecule has 0 spiro atoms. The molecule has 0 fully saturated rings. The van der Waals surface area contributed by atoms with Gasteiger partial charge in [0.1, 0.15) is 5.82 Å². The second kappa shape index (κ2) is 9.39. The van der Waals surface area contributed by atoms with Gasteiger partial charge < -0.3 is 10.6 Å². The number of amides is 1. The van der Waals surface area contributed by atoms with Gasteiger partial charge >= 0.3 is 0 Å². The highest BCUT2D eigenvalue weighted by Gasteiger charge is 2.13. The van der Waals surface area contributed by atoms with Crippen molar-refractivity contribution in [1.82, 2.24) is 25.1 Å². The van der Waals surface area contributed by atoms with Crippen LogP contribution in [0.2, 0.25) is 0 Å². The van der Waals surface area contributed by atoms with Gasteiger partial charge in [-0.3, -0.25) is 4.79 Å².